The van der Waals surface area contributed by atoms with Gasteiger partial charge >= 0.3 is 6.18 Å². The van der Waals surface area contributed by atoms with Crippen molar-refractivity contribution in [2.75, 3.05) is 9.80 Å². The summed E-state index contributed by atoms with van der Waals surface area (Å²) in [6.07, 6.45) is -2.78. The number of fused-ring (bicyclic) bond motifs is 6. The summed E-state index contributed by atoms with van der Waals surface area (Å²) in [7, 11) is 0. The van der Waals surface area contributed by atoms with Crippen LogP contribution in [0.2, 0.25) is 0 Å². The molecule has 0 saturated carbocycles. The van der Waals surface area contributed by atoms with Crippen LogP contribution in [0.5, 0.6) is 0 Å². The van der Waals surface area contributed by atoms with Crippen LogP contribution in [0.25, 0.3) is 11.1 Å². The normalized spacial score (nSPS) is 16.7. The van der Waals surface area contributed by atoms with Crippen LogP contribution in [-0.4, -0.2) is 6.71 Å². The van der Waals surface area contributed by atoms with E-state index >= 15 is 13.2 Å². The summed E-state index contributed by atoms with van der Waals surface area (Å²) in [6.45, 7) is 28.4. The molecule has 0 N–H and O–H groups in total. The first-order valence-electron chi connectivity index (χ1n) is 22.3. The van der Waals surface area contributed by atoms with Crippen LogP contribution in [0.4, 0.5) is 47.3 Å². The van der Waals surface area contributed by atoms with Gasteiger partial charge in [-0.3, -0.25) is 0 Å². The second-order valence-electron chi connectivity index (χ2n) is 22.5. The summed E-state index contributed by atoms with van der Waals surface area (Å²) in [6, 6.07) is 34.5. The van der Waals surface area contributed by atoms with E-state index in [1.54, 1.807) is 0 Å². The molecular weight excluding hydrogens is 772 g/mol. The average Bonchev–Trinajstić information content (AvgIpc) is 3.61. The third-order valence-corrected chi connectivity index (χ3v) is 13.9. The van der Waals surface area contributed by atoms with E-state index in [9.17, 15) is 0 Å². The minimum absolute atomic E-state index is 0.101. The first-order valence-corrected chi connectivity index (χ1v) is 22.3. The van der Waals surface area contributed by atoms with E-state index in [0.29, 0.717) is 11.4 Å². The molecule has 62 heavy (non-hydrogen) atoms. The van der Waals surface area contributed by atoms with Gasteiger partial charge in [-0.05, 0) is 110 Å². The van der Waals surface area contributed by atoms with Crippen molar-refractivity contribution in [1.29, 1.82) is 0 Å². The molecule has 3 heterocycles. The summed E-state index contributed by atoms with van der Waals surface area (Å²) in [4.78, 5) is 4.24. The van der Waals surface area contributed by atoms with E-state index in [-0.39, 0.29) is 27.1 Å². The fraction of sp³-hybridized carbons (Fsp3) is 0.382. The molecule has 6 aromatic rings. The Balaban J connectivity index is 1.47. The van der Waals surface area contributed by atoms with Gasteiger partial charge in [0.05, 0.1) is 22.6 Å². The predicted molar refractivity (Wildman–Crippen MR) is 255 cm³/mol. The standard InChI is InChI=1S/C55H60BF3N2O/c1-50(2,3)34-19-23-38(24-20-34)60-42-26-22-36(52(7,8)9)30-40(42)56-46-43(60)31-37(55(57,58)59)32-44(46)61(47-45-48(62-49(47)56)54(12,13)28-27-53(45,10)11)41-25-21-35(51(4,5)6)29-39(41)33-17-15-14-16-18-33/h14-26,29-32H,27-28H2,1-13H3. The van der Waals surface area contributed by atoms with E-state index in [1.807, 2.05) is 18.2 Å². The lowest BCUT2D eigenvalue weighted by Gasteiger charge is -2.45. The van der Waals surface area contributed by atoms with Crippen molar-refractivity contribution < 1.29 is 17.6 Å². The first kappa shape index (κ1) is 42.2. The molecule has 1 aliphatic carbocycles. The monoisotopic (exact) mass is 832 g/mol. The molecule has 0 amide bonds. The van der Waals surface area contributed by atoms with Crippen molar-refractivity contribution in [2.24, 2.45) is 0 Å². The molecule has 0 bridgehead atoms. The van der Waals surface area contributed by atoms with Gasteiger partial charge in [0.25, 0.3) is 6.71 Å². The zero-order valence-corrected chi connectivity index (χ0v) is 38.7. The van der Waals surface area contributed by atoms with Gasteiger partial charge in [0.1, 0.15) is 5.76 Å². The molecule has 3 nitrogen and oxygen atoms in total. The van der Waals surface area contributed by atoms with Crippen molar-refractivity contribution in [3.63, 3.8) is 0 Å². The molecule has 0 radical (unpaired) electrons. The van der Waals surface area contributed by atoms with Crippen LogP contribution >= 0.6 is 0 Å². The third-order valence-electron chi connectivity index (χ3n) is 13.9. The number of halogens is 3. The second kappa shape index (κ2) is 13.7. The maximum atomic E-state index is 15.7. The quantitative estimate of drug-likeness (QED) is 0.165. The number of furan rings is 1. The summed E-state index contributed by atoms with van der Waals surface area (Å²) in [5.74, 6) is 0.926. The minimum Gasteiger partial charge on any atom is -0.472 e. The lowest BCUT2D eigenvalue weighted by molar-refractivity contribution is -0.137. The molecule has 0 spiro atoms. The first-order chi connectivity index (χ1) is 28.8. The highest BCUT2D eigenvalue weighted by molar-refractivity contribution is 6.99. The van der Waals surface area contributed by atoms with Crippen molar-refractivity contribution in [1.82, 2.24) is 0 Å². The fourth-order valence-electron chi connectivity index (χ4n) is 10.1. The molecule has 3 aliphatic rings. The number of hydrogen-bond acceptors (Lipinski definition) is 3. The van der Waals surface area contributed by atoms with Crippen molar-refractivity contribution >= 4 is 57.4 Å². The molecule has 0 unspecified atom stereocenters. The van der Waals surface area contributed by atoms with Gasteiger partial charge in [0.15, 0.2) is 0 Å². The van der Waals surface area contributed by atoms with E-state index in [2.05, 4.69) is 173 Å². The van der Waals surface area contributed by atoms with Crippen LogP contribution in [0.1, 0.15) is 136 Å². The summed E-state index contributed by atoms with van der Waals surface area (Å²) < 4.78 is 54.7. The lowest BCUT2D eigenvalue weighted by Crippen LogP contribution is -2.61. The largest absolute Gasteiger partial charge is 0.472 e. The number of nitrogens with zero attached hydrogens (tertiary/aromatic N) is 2. The SMILES string of the molecule is CC(C)(C)c1ccc(N2c3ccc(C(C)(C)C)cc3B3c4oc5c(c4N(c4ccc(C(C)(C)C)cc4-c4ccccc4)c4cc(C(F)(F)F)cc2c43)C(C)(C)CCC5(C)C)cc1. The molecular formula is C55H60BF3N2O. The highest BCUT2D eigenvalue weighted by Gasteiger charge is 2.53. The number of benzene rings is 5. The number of anilines is 6. The van der Waals surface area contributed by atoms with Gasteiger partial charge in [-0.1, -0.05) is 151 Å². The van der Waals surface area contributed by atoms with Crippen LogP contribution in [0.3, 0.4) is 0 Å². The number of alkyl halides is 3. The molecule has 5 aromatic carbocycles. The van der Waals surface area contributed by atoms with E-state index < -0.39 is 18.5 Å². The minimum atomic E-state index is -4.62. The van der Waals surface area contributed by atoms with Crippen molar-refractivity contribution in [3.8, 4) is 11.1 Å². The maximum Gasteiger partial charge on any atom is 0.416 e. The Morgan fingerprint density at radius 2 is 1.08 bits per heavy atom. The third kappa shape index (κ3) is 6.72. The van der Waals surface area contributed by atoms with Crippen LogP contribution in [0, 0.1) is 0 Å². The highest BCUT2D eigenvalue weighted by Crippen LogP contribution is 2.56. The van der Waals surface area contributed by atoms with Crippen molar-refractivity contribution in [2.45, 2.75) is 136 Å². The molecule has 2 aliphatic heterocycles. The van der Waals surface area contributed by atoms with Gasteiger partial charge in [-0.25, -0.2) is 0 Å². The highest BCUT2D eigenvalue weighted by atomic mass is 19.4. The molecule has 0 fully saturated rings. The summed E-state index contributed by atoms with van der Waals surface area (Å²) in [5.41, 5.74) is 11.7. The Kier molecular flexibility index (Phi) is 9.29. The summed E-state index contributed by atoms with van der Waals surface area (Å²) in [5, 5.41) is 0. The van der Waals surface area contributed by atoms with Gasteiger partial charge < -0.3 is 14.2 Å². The zero-order valence-electron chi connectivity index (χ0n) is 38.7. The molecule has 9 rings (SSSR count). The van der Waals surface area contributed by atoms with E-state index in [1.165, 1.54) is 12.1 Å². The summed E-state index contributed by atoms with van der Waals surface area (Å²) >= 11 is 0. The molecule has 1 aromatic heterocycles. The van der Waals surface area contributed by atoms with Crippen molar-refractivity contribution in [3.05, 3.63) is 137 Å². The maximum absolute atomic E-state index is 15.7. The number of rotatable bonds is 3. The van der Waals surface area contributed by atoms with Gasteiger partial charge in [-0.2, -0.15) is 13.2 Å². The van der Waals surface area contributed by atoms with E-state index in [4.69, 9.17) is 4.42 Å². The second-order valence-corrected chi connectivity index (χ2v) is 22.5. The Hall–Kier alpha value is -5.17. The van der Waals surface area contributed by atoms with Crippen LogP contribution < -0.4 is 26.4 Å². The lowest BCUT2D eigenvalue weighted by atomic mass is 9.35. The topological polar surface area (TPSA) is 19.6 Å². The predicted octanol–water partition coefficient (Wildman–Crippen LogP) is 14.3. The van der Waals surface area contributed by atoms with Crippen LogP contribution in [0.15, 0.2) is 108 Å². The fourth-order valence-corrected chi connectivity index (χ4v) is 10.1. The van der Waals surface area contributed by atoms with Crippen LogP contribution in [-0.2, 0) is 33.3 Å². The Labute approximate surface area is 367 Å². The zero-order chi connectivity index (χ0) is 44.7. The smallest absolute Gasteiger partial charge is 0.416 e. The Bertz CT molecular complexity index is 2740. The molecule has 7 heteroatoms. The number of hydrogen-bond donors (Lipinski definition) is 0. The van der Waals surface area contributed by atoms with E-state index in [0.717, 1.165) is 91.3 Å². The Morgan fingerprint density at radius 3 is 1.66 bits per heavy atom. The van der Waals surface area contributed by atoms with Gasteiger partial charge in [0, 0.05) is 39.3 Å². The molecule has 0 atom stereocenters. The van der Waals surface area contributed by atoms with Gasteiger partial charge in [0.2, 0.25) is 0 Å². The molecule has 0 saturated heterocycles. The molecule has 320 valence electrons. The van der Waals surface area contributed by atoms with Gasteiger partial charge in [-0.15, -0.1) is 0 Å². The average molecular weight is 833 g/mol. The Morgan fingerprint density at radius 1 is 0.548 bits per heavy atom.